The largest absolute Gasteiger partial charge is 0.353 e. The number of rotatable bonds is 10. The molecule has 2 rings (SSSR count). The summed E-state index contributed by atoms with van der Waals surface area (Å²) >= 11 is 1.32. The minimum absolute atomic E-state index is 0.0189. The summed E-state index contributed by atoms with van der Waals surface area (Å²) in [6.45, 7) is 5.34. The minimum atomic E-state index is -3.43. The number of hydrogen-bond acceptors (Lipinski definition) is 5. The molecule has 1 aromatic rings. The zero-order chi connectivity index (χ0) is 19.0. The molecule has 1 amide bonds. The quantitative estimate of drug-likeness (QED) is 0.483. The molecule has 1 fully saturated rings. The lowest BCUT2D eigenvalue weighted by atomic mass is 10.1. The van der Waals surface area contributed by atoms with Crippen molar-refractivity contribution < 1.29 is 13.2 Å². The van der Waals surface area contributed by atoms with Gasteiger partial charge in [-0.3, -0.25) is 4.79 Å². The fourth-order valence-corrected chi connectivity index (χ4v) is 5.03. The zero-order valence-corrected chi connectivity index (χ0v) is 17.2. The van der Waals surface area contributed by atoms with Crippen LogP contribution in [0.25, 0.3) is 0 Å². The average molecular weight is 400 g/mol. The van der Waals surface area contributed by atoms with E-state index in [9.17, 15) is 13.2 Å². The number of aromatic nitrogens is 1. The van der Waals surface area contributed by atoms with E-state index in [1.54, 1.807) is 12.1 Å². The summed E-state index contributed by atoms with van der Waals surface area (Å²) in [5.74, 6) is 0.262. The summed E-state index contributed by atoms with van der Waals surface area (Å²) in [7, 11) is -3.43. The number of carbonyl (C=O) groups excluding carboxylic acids is 1. The van der Waals surface area contributed by atoms with Crippen molar-refractivity contribution >= 4 is 27.7 Å². The summed E-state index contributed by atoms with van der Waals surface area (Å²) in [5, 5.41) is 3.64. The van der Waals surface area contributed by atoms with Crippen LogP contribution in [-0.4, -0.2) is 48.5 Å². The molecule has 0 saturated carbocycles. The second-order valence-electron chi connectivity index (χ2n) is 6.70. The van der Waals surface area contributed by atoms with Crippen molar-refractivity contribution in [3.05, 3.63) is 18.3 Å². The number of pyridine rings is 1. The van der Waals surface area contributed by atoms with E-state index in [0.29, 0.717) is 18.1 Å². The maximum atomic E-state index is 12.5. The number of thioether (sulfide) groups is 1. The normalized spacial score (nSPS) is 16.5. The minimum Gasteiger partial charge on any atom is -0.353 e. The molecule has 1 N–H and O–H groups in total. The van der Waals surface area contributed by atoms with Crippen LogP contribution >= 0.6 is 11.8 Å². The summed E-state index contributed by atoms with van der Waals surface area (Å²) in [4.78, 5) is 16.4. The Morgan fingerprint density at radius 2 is 2.04 bits per heavy atom. The van der Waals surface area contributed by atoms with Gasteiger partial charge in [-0.2, -0.15) is 4.31 Å². The van der Waals surface area contributed by atoms with Crippen LogP contribution in [0.4, 0.5) is 0 Å². The molecule has 146 valence electrons. The molecule has 1 saturated heterocycles. The van der Waals surface area contributed by atoms with Gasteiger partial charge in [-0.25, -0.2) is 13.4 Å². The lowest BCUT2D eigenvalue weighted by Crippen LogP contribution is -2.33. The molecule has 26 heavy (non-hydrogen) atoms. The van der Waals surface area contributed by atoms with Gasteiger partial charge in [-0.15, -0.1) is 0 Å². The topological polar surface area (TPSA) is 79.4 Å². The predicted molar refractivity (Wildman–Crippen MR) is 105 cm³/mol. The van der Waals surface area contributed by atoms with E-state index in [2.05, 4.69) is 17.2 Å². The summed E-state index contributed by atoms with van der Waals surface area (Å²) < 4.78 is 26.4. The lowest BCUT2D eigenvalue weighted by Gasteiger charge is -2.15. The first-order valence-electron chi connectivity index (χ1n) is 9.32. The van der Waals surface area contributed by atoms with Gasteiger partial charge in [-0.05, 0) is 38.3 Å². The summed E-state index contributed by atoms with van der Waals surface area (Å²) in [5.41, 5.74) is 0. The maximum absolute atomic E-state index is 12.5. The van der Waals surface area contributed by atoms with Crippen molar-refractivity contribution in [2.45, 2.75) is 68.3 Å². The van der Waals surface area contributed by atoms with Gasteiger partial charge in [0.2, 0.25) is 15.9 Å². The molecule has 1 aromatic heterocycles. The van der Waals surface area contributed by atoms with E-state index in [4.69, 9.17) is 0 Å². The molecule has 0 aliphatic carbocycles. The van der Waals surface area contributed by atoms with Crippen LogP contribution in [0.1, 0.15) is 52.4 Å². The Morgan fingerprint density at radius 3 is 2.65 bits per heavy atom. The molecule has 1 unspecified atom stereocenters. The van der Waals surface area contributed by atoms with Crippen molar-refractivity contribution in [1.82, 2.24) is 14.6 Å². The van der Waals surface area contributed by atoms with E-state index in [1.807, 2.05) is 6.92 Å². The lowest BCUT2D eigenvalue weighted by molar-refractivity contribution is -0.119. The van der Waals surface area contributed by atoms with E-state index in [1.165, 1.54) is 35.1 Å². The molecule has 2 heterocycles. The number of nitrogens with one attached hydrogen (secondary N) is 1. The average Bonchev–Trinajstić information content (AvgIpc) is 3.16. The SMILES string of the molecule is CCCCCC(C)NC(=O)CSc1ccc(S(=O)(=O)N2CCCC2)cn1. The van der Waals surface area contributed by atoms with E-state index >= 15 is 0 Å². The van der Waals surface area contributed by atoms with Crippen LogP contribution < -0.4 is 5.32 Å². The van der Waals surface area contributed by atoms with Crippen LogP contribution in [-0.2, 0) is 14.8 Å². The molecule has 1 aliphatic rings. The van der Waals surface area contributed by atoms with Gasteiger partial charge in [-0.1, -0.05) is 37.9 Å². The van der Waals surface area contributed by atoms with Gasteiger partial charge in [0.05, 0.1) is 10.8 Å². The molecule has 0 radical (unpaired) electrons. The van der Waals surface area contributed by atoms with E-state index in [-0.39, 0.29) is 22.6 Å². The number of sulfonamides is 1. The number of carbonyl (C=O) groups is 1. The molecule has 0 bridgehead atoms. The predicted octanol–water partition coefficient (Wildman–Crippen LogP) is 3.04. The van der Waals surface area contributed by atoms with Crippen LogP contribution in [0.3, 0.4) is 0 Å². The molecule has 0 spiro atoms. The molecule has 0 aromatic carbocycles. The number of hydrogen-bond donors (Lipinski definition) is 1. The third-order valence-electron chi connectivity index (χ3n) is 4.41. The van der Waals surface area contributed by atoms with Crippen LogP contribution in [0.5, 0.6) is 0 Å². The Morgan fingerprint density at radius 1 is 1.31 bits per heavy atom. The molecule has 6 nitrogen and oxygen atoms in total. The second-order valence-corrected chi connectivity index (χ2v) is 9.63. The van der Waals surface area contributed by atoms with Crippen molar-refractivity contribution in [3.63, 3.8) is 0 Å². The first kappa shape index (κ1) is 21.2. The molecular weight excluding hydrogens is 370 g/mol. The third kappa shape index (κ3) is 6.25. The first-order chi connectivity index (χ1) is 12.4. The monoisotopic (exact) mass is 399 g/mol. The highest BCUT2D eigenvalue weighted by Gasteiger charge is 2.27. The van der Waals surface area contributed by atoms with Gasteiger partial charge >= 0.3 is 0 Å². The smallest absolute Gasteiger partial charge is 0.244 e. The Labute approximate surface area is 161 Å². The number of amides is 1. The maximum Gasteiger partial charge on any atom is 0.244 e. The fraction of sp³-hybridized carbons (Fsp3) is 0.667. The van der Waals surface area contributed by atoms with Crippen molar-refractivity contribution in [1.29, 1.82) is 0 Å². The van der Waals surface area contributed by atoms with Crippen LogP contribution in [0.2, 0.25) is 0 Å². The van der Waals surface area contributed by atoms with Gasteiger partial charge in [0.25, 0.3) is 0 Å². The third-order valence-corrected chi connectivity index (χ3v) is 7.24. The van der Waals surface area contributed by atoms with Crippen LogP contribution in [0, 0.1) is 0 Å². The first-order valence-corrected chi connectivity index (χ1v) is 11.7. The van der Waals surface area contributed by atoms with E-state index in [0.717, 1.165) is 25.7 Å². The standard InChI is InChI=1S/C18H29N3O3S2/c1-3-4-5-8-15(2)20-17(22)14-25-18-10-9-16(13-19-18)26(23,24)21-11-6-7-12-21/h9-10,13,15H,3-8,11-12,14H2,1-2H3,(H,20,22). The highest BCUT2D eigenvalue weighted by Crippen LogP contribution is 2.22. The summed E-state index contributed by atoms with van der Waals surface area (Å²) in [6, 6.07) is 3.43. The Hall–Kier alpha value is -1.12. The van der Waals surface area contributed by atoms with Crippen LogP contribution in [0.15, 0.2) is 28.3 Å². The van der Waals surface area contributed by atoms with Gasteiger partial charge in [0, 0.05) is 25.3 Å². The fourth-order valence-electron chi connectivity index (χ4n) is 2.91. The Balaban J connectivity index is 1.81. The highest BCUT2D eigenvalue weighted by molar-refractivity contribution is 7.99. The molecular formula is C18H29N3O3S2. The Kier molecular flexibility index (Phi) is 8.37. The van der Waals surface area contributed by atoms with Gasteiger partial charge in [0.1, 0.15) is 4.90 Å². The van der Waals surface area contributed by atoms with Gasteiger partial charge in [0.15, 0.2) is 0 Å². The molecule has 1 aliphatic heterocycles. The van der Waals surface area contributed by atoms with E-state index < -0.39 is 10.0 Å². The number of nitrogens with zero attached hydrogens (tertiary/aromatic N) is 2. The zero-order valence-electron chi connectivity index (χ0n) is 15.6. The van der Waals surface area contributed by atoms with Crippen molar-refractivity contribution in [2.24, 2.45) is 0 Å². The van der Waals surface area contributed by atoms with Crippen molar-refractivity contribution in [3.8, 4) is 0 Å². The summed E-state index contributed by atoms with van der Waals surface area (Å²) in [6.07, 6.45) is 7.68. The number of unbranched alkanes of at least 4 members (excludes halogenated alkanes) is 2. The molecule has 8 heteroatoms. The van der Waals surface area contributed by atoms with Crippen molar-refractivity contribution in [2.75, 3.05) is 18.8 Å². The Bertz CT molecular complexity index is 671. The highest BCUT2D eigenvalue weighted by atomic mass is 32.2. The van der Waals surface area contributed by atoms with Gasteiger partial charge < -0.3 is 5.32 Å². The second kappa shape index (κ2) is 10.3. The molecule has 1 atom stereocenters.